The molecule has 110 valence electrons. The number of likely N-dealkylation sites (tertiary alicyclic amines) is 1. The first-order chi connectivity index (χ1) is 8.95. The molecule has 0 aromatic heterocycles. The topological polar surface area (TPSA) is 60.9 Å². The second-order valence-electron chi connectivity index (χ2n) is 5.55. The van der Waals surface area contributed by atoms with Crippen LogP contribution in [-0.4, -0.2) is 52.6 Å². The number of urea groups is 1. The number of hydrogen-bond donors (Lipinski definition) is 1. The third-order valence-electron chi connectivity index (χ3n) is 3.90. The first kappa shape index (κ1) is 15.8. The van der Waals surface area contributed by atoms with E-state index >= 15 is 0 Å². The van der Waals surface area contributed by atoms with Crippen molar-refractivity contribution in [3.8, 4) is 0 Å². The third kappa shape index (κ3) is 4.73. The van der Waals surface area contributed by atoms with Crippen LogP contribution in [0.3, 0.4) is 0 Å². The molecule has 0 unspecified atom stereocenters. The van der Waals surface area contributed by atoms with Gasteiger partial charge in [0.25, 0.3) is 0 Å². The molecular weight excluding hydrogens is 244 g/mol. The normalized spacial score (nSPS) is 16.7. The van der Waals surface area contributed by atoms with Crippen molar-refractivity contribution in [3.63, 3.8) is 0 Å². The van der Waals surface area contributed by atoms with Crippen molar-refractivity contribution in [1.82, 2.24) is 9.80 Å². The highest BCUT2D eigenvalue weighted by atomic mass is 16.4. The number of amides is 2. The highest BCUT2D eigenvalue weighted by Crippen LogP contribution is 2.21. The van der Waals surface area contributed by atoms with Gasteiger partial charge in [-0.1, -0.05) is 13.3 Å². The van der Waals surface area contributed by atoms with Gasteiger partial charge in [-0.2, -0.15) is 0 Å². The number of carboxylic acids is 1. The number of rotatable bonds is 5. The molecular formula is C14H26N2O3. The van der Waals surface area contributed by atoms with Gasteiger partial charge in [0.05, 0.1) is 6.42 Å². The Morgan fingerprint density at radius 2 is 1.89 bits per heavy atom. The SMILES string of the molecule is CCC1CCN(C(=O)N(CCC(=O)O)C(C)C)CC1. The Bertz CT molecular complexity index is 310. The molecule has 5 nitrogen and oxygen atoms in total. The monoisotopic (exact) mass is 270 g/mol. The lowest BCUT2D eigenvalue weighted by Crippen LogP contribution is -2.49. The van der Waals surface area contributed by atoms with Crippen molar-refractivity contribution in [1.29, 1.82) is 0 Å². The molecule has 19 heavy (non-hydrogen) atoms. The Kier molecular flexibility index (Phi) is 6.12. The van der Waals surface area contributed by atoms with Crippen LogP contribution in [0.25, 0.3) is 0 Å². The molecule has 0 saturated carbocycles. The standard InChI is InChI=1S/C14H26N2O3/c1-4-12-5-8-15(9-6-12)14(19)16(11(2)3)10-7-13(17)18/h11-12H,4-10H2,1-3H3,(H,17,18). The van der Waals surface area contributed by atoms with Crippen molar-refractivity contribution in [3.05, 3.63) is 0 Å². The zero-order valence-corrected chi connectivity index (χ0v) is 12.3. The smallest absolute Gasteiger partial charge is 0.320 e. The lowest BCUT2D eigenvalue weighted by molar-refractivity contribution is -0.137. The van der Waals surface area contributed by atoms with Crippen LogP contribution in [0.1, 0.15) is 46.5 Å². The van der Waals surface area contributed by atoms with Crippen LogP contribution < -0.4 is 0 Å². The van der Waals surface area contributed by atoms with Crippen LogP contribution in [-0.2, 0) is 4.79 Å². The minimum absolute atomic E-state index is 0.00852. The van der Waals surface area contributed by atoms with Gasteiger partial charge in [-0.15, -0.1) is 0 Å². The zero-order chi connectivity index (χ0) is 14.4. The molecule has 1 N–H and O–H groups in total. The van der Waals surface area contributed by atoms with E-state index in [1.807, 2.05) is 18.7 Å². The quantitative estimate of drug-likeness (QED) is 0.834. The molecule has 2 amide bonds. The molecule has 1 aliphatic heterocycles. The molecule has 0 bridgehead atoms. The fraction of sp³-hybridized carbons (Fsp3) is 0.857. The van der Waals surface area contributed by atoms with Crippen molar-refractivity contribution >= 4 is 12.0 Å². The Labute approximate surface area is 115 Å². The number of piperidine rings is 1. The van der Waals surface area contributed by atoms with Gasteiger partial charge in [-0.05, 0) is 32.6 Å². The van der Waals surface area contributed by atoms with Crippen LogP contribution in [0.15, 0.2) is 0 Å². The summed E-state index contributed by atoms with van der Waals surface area (Å²) in [5.41, 5.74) is 0. The first-order valence-electron chi connectivity index (χ1n) is 7.23. The van der Waals surface area contributed by atoms with E-state index in [2.05, 4.69) is 6.92 Å². The van der Waals surface area contributed by atoms with E-state index in [1.54, 1.807) is 4.90 Å². The Balaban J connectivity index is 2.54. The van der Waals surface area contributed by atoms with E-state index in [4.69, 9.17) is 5.11 Å². The molecule has 1 aliphatic rings. The summed E-state index contributed by atoms with van der Waals surface area (Å²) in [4.78, 5) is 26.6. The van der Waals surface area contributed by atoms with Crippen LogP contribution >= 0.6 is 0 Å². The van der Waals surface area contributed by atoms with Crippen LogP contribution in [0.4, 0.5) is 4.79 Å². The summed E-state index contributed by atoms with van der Waals surface area (Å²) in [5.74, 6) is -0.126. The van der Waals surface area contributed by atoms with E-state index in [9.17, 15) is 9.59 Å². The summed E-state index contributed by atoms with van der Waals surface area (Å²) in [6.45, 7) is 7.94. The number of carbonyl (C=O) groups is 2. The zero-order valence-electron chi connectivity index (χ0n) is 12.3. The molecule has 0 radical (unpaired) electrons. The van der Waals surface area contributed by atoms with Crippen LogP contribution in [0.2, 0.25) is 0 Å². The molecule has 5 heteroatoms. The van der Waals surface area contributed by atoms with Gasteiger partial charge in [-0.25, -0.2) is 4.79 Å². The Hall–Kier alpha value is -1.26. The predicted molar refractivity (Wildman–Crippen MR) is 74.1 cm³/mol. The van der Waals surface area contributed by atoms with E-state index in [0.29, 0.717) is 6.54 Å². The number of aliphatic carboxylic acids is 1. The number of carboxylic acid groups (broad SMARTS) is 1. The Morgan fingerprint density at radius 3 is 2.32 bits per heavy atom. The fourth-order valence-electron chi connectivity index (χ4n) is 2.50. The largest absolute Gasteiger partial charge is 0.481 e. The molecule has 0 aromatic carbocycles. The highest BCUT2D eigenvalue weighted by molar-refractivity contribution is 5.76. The van der Waals surface area contributed by atoms with Gasteiger partial charge < -0.3 is 14.9 Å². The van der Waals surface area contributed by atoms with E-state index in [1.165, 1.54) is 6.42 Å². The molecule has 1 fully saturated rings. The van der Waals surface area contributed by atoms with Gasteiger partial charge in [0.2, 0.25) is 0 Å². The van der Waals surface area contributed by atoms with Crippen molar-refractivity contribution in [2.75, 3.05) is 19.6 Å². The average molecular weight is 270 g/mol. The van der Waals surface area contributed by atoms with Crippen LogP contribution in [0.5, 0.6) is 0 Å². The maximum absolute atomic E-state index is 12.4. The number of carbonyl (C=O) groups excluding carboxylic acids is 1. The predicted octanol–water partition coefficient (Wildman–Crippen LogP) is 2.41. The highest BCUT2D eigenvalue weighted by Gasteiger charge is 2.27. The molecule has 0 atom stereocenters. The molecule has 1 heterocycles. The lowest BCUT2D eigenvalue weighted by atomic mass is 9.94. The summed E-state index contributed by atoms with van der Waals surface area (Å²) in [7, 11) is 0. The average Bonchev–Trinajstić information content (AvgIpc) is 2.38. The molecule has 0 aromatic rings. The molecule has 0 aliphatic carbocycles. The van der Waals surface area contributed by atoms with Gasteiger partial charge in [0, 0.05) is 25.7 Å². The molecule has 1 rings (SSSR count). The Morgan fingerprint density at radius 1 is 1.32 bits per heavy atom. The van der Waals surface area contributed by atoms with E-state index < -0.39 is 5.97 Å². The van der Waals surface area contributed by atoms with Gasteiger partial charge >= 0.3 is 12.0 Å². The second kappa shape index (κ2) is 7.36. The van der Waals surface area contributed by atoms with Crippen molar-refractivity contribution in [2.24, 2.45) is 5.92 Å². The second-order valence-corrected chi connectivity index (χ2v) is 5.55. The first-order valence-corrected chi connectivity index (χ1v) is 7.23. The maximum Gasteiger partial charge on any atom is 0.320 e. The van der Waals surface area contributed by atoms with Crippen LogP contribution in [0, 0.1) is 5.92 Å². The molecule has 0 spiro atoms. The summed E-state index contributed by atoms with van der Waals surface area (Å²) in [6, 6.07) is 0.0292. The van der Waals surface area contributed by atoms with Gasteiger partial charge in [-0.3, -0.25) is 4.79 Å². The van der Waals surface area contributed by atoms with Gasteiger partial charge in [0.1, 0.15) is 0 Å². The van der Waals surface area contributed by atoms with Gasteiger partial charge in [0.15, 0.2) is 0 Å². The third-order valence-corrected chi connectivity index (χ3v) is 3.90. The van der Waals surface area contributed by atoms with Crippen molar-refractivity contribution < 1.29 is 14.7 Å². The minimum atomic E-state index is -0.858. The van der Waals surface area contributed by atoms with E-state index in [-0.39, 0.29) is 18.5 Å². The van der Waals surface area contributed by atoms with Crippen molar-refractivity contribution in [2.45, 2.75) is 52.5 Å². The minimum Gasteiger partial charge on any atom is -0.481 e. The number of hydrogen-bond acceptors (Lipinski definition) is 2. The summed E-state index contributed by atoms with van der Waals surface area (Å²) >= 11 is 0. The fourth-order valence-corrected chi connectivity index (χ4v) is 2.50. The summed E-state index contributed by atoms with van der Waals surface area (Å²) < 4.78 is 0. The summed E-state index contributed by atoms with van der Waals surface area (Å²) in [6.07, 6.45) is 3.31. The molecule has 1 saturated heterocycles. The maximum atomic E-state index is 12.4. The van der Waals surface area contributed by atoms with E-state index in [0.717, 1.165) is 31.8 Å². The number of nitrogens with zero attached hydrogens (tertiary/aromatic N) is 2. The lowest BCUT2D eigenvalue weighted by Gasteiger charge is -2.37. The summed E-state index contributed by atoms with van der Waals surface area (Å²) in [5, 5.41) is 8.75.